The minimum absolute atomic E-state index is 0.265. The van der Waals surface area contributed by atoms with Gasteiger partial charge in [-0.1, -0.05) is 49.6 Å². The Balaban J connectivity index is 1.75. The van der Waals surface area contributed by atoms with E-state index in [2.05, 4.69) is 15.8 Å². The molecule has 0 spiro atoms. The van der Waals surface area contributed by atoms with Crippen LogP contribution in [0.15, 0.2) is 59.7 Å². The predicted molar refractivity (Wildman–Crippen MR) is 104 cm³/mol. The molecular formula is C20H22FN3S. The van der Waals surface area contributed by atoms with Gasteiger partial charge in [-0.05, 0) is 49.3 Å². The monoisotopic (exact) mass is 355 g/mol. The summed E-state index contributed by atoms with van der Waals surface area (Å²) in [5.74, 6) is -0.265. The van der Waals surface area contributed by atoms with Gasteiger partial charge in [-0.25, -0.2) is 4.39 Å². The van der Waals surface area contributed by atoms with Gasteiger partial charge in [0.25, 0.3) is 0 Å². The molecular weight excluding hydrogens is 333 g/mol. The van der Waals surface area contributed by atoms with Crippen molar-refractivity contribution in [2.24, 2.45) is 5.10 Å². The number of nitrogens with zero attached hydrogens (tertiary/aromatic N) is 1. The van der Waals surface area contributed by atoms with Gasteiger partial charge in [0, 0.05) is 17.2 Å². The van der Waals surface area contributed by atoms with Crippen LogP contribution in [-0.4, -0.2) is 16.9 Å². The fourth-order valence-corrected chi connectivity index (χ4v) is 3.28. The summed E-state index contributed by atoms with van der Waals surface area (Å²) in [6.07, 6.45) is 6.09. The molecule has 3 nitrogen and oxygen atoms in total. The largest absolute Gasteiger partial charge is 0.359 e. The maximum atomic E-state index is 13.2. The first kappa shape index (κ1) is 17.5. The van der Waals surface area contributed by atoms with Gasteiger partial charge >= 0.3 is 0 Å². The zero-order chi connectivity index (χ0) is 17.5. The number of hydrogen-bond donors (Lipinski definition) is 2. The molecule has 1 aliphatic carbocycles. The first-order valence-electron chi connectivity index (χ1n) is 8.68. The quantitative estimate of drug-likeness (QED) is 0.486. The van der Waals surface area contributed by atoms with E-state index < -0.39 is 0 Å². The van der Waals surface area contributed by atoms with E-state index in [9.17, 15) is 4.39 Å². The molecule has 0 aromatic heterocycles. The molecule has 0 saturated heterocycles. The van der Waals surface area contributed by atoms with Gasteiger partial charge in [0.1, 0.15) is 5.82 Å². The van der Waals surface area contributed by atoms with Crippen molar-refractivity contribution in [3.8, 4) is 0 Å². The first-order chi connectivity index (χ1) is 12.2. The fraction of sp³-hybridized carbons (Fsp3) is 0.300. The van der Waals surface area contributed by atoms with E-state index in [0.717, 1.165) is 29.7 Å². The number of thiocarbonyl (C=S) groups is 1. The van der Waals surface area contributed by atoms with Crippen molar-refractivity contribution in [2.45, 2.75) is 38.1 Å². The lowest BCUT2D eigenvalue weighted by Gasteiger charge is -2.23. The summed E-state index contributed by atoms with van der Waals surface area (Å²) in [6.45, 7) is 0. The van der Waals surface area contributed by atoms with Crippen molar-refractivity contribution in [1.82, 2.24) is 10.7 Å². The van der Waals surface area contributed by atoms with E-state index in [-0.39, 0.29) is 5.82 Å². The van der Waals surface area contributed by atoms with Gasteiger partial charge in [-0.15, -0.1) is 0 Å². The summed E-state index contributed by atoms with van der Waals surface area (Å²) >= 11 is 5.38. The van der Waals surface area contributed by atoms with Gasteiger partial charge in [0.2, 0.25) is 0 Å². The van der Waals surface area contributed by atoms with Crippen LogP contribution in [0.1, 0.15) is 43.2 Å². The van der Waals surface area contributed by atoms with E-state index in [1.807, 2.05) is 30.3 Å². The summed E-state index contributed by atoms with van der Waals surface area (Å²) in [4.78, 5) is 0. The third-order valence-electron chi connectivity index (χ3n) is 4.37. The van der Waals surface area contributed by atoms with Crippen LogP contribution in [0.2, 0.25) is 0 Å². The highest BCUT2D eigenvalue weighted by Crippen LogP contribution is 2.17. The number of benzene rings is 2. The summed E-state index contributed by atoms with van der Waals surface area (Å²) in [5, 5.41) is 8.37. The molecule has 0 atom stereocenters. The van der Waals surface area contributed by atoms with Gasteiger partial charge in [-0.2, -0.15) is 5.10 Å². The lowest BCUT2D eigenvalue weighted by Crippen LogP contribution is -2.41. The molecule has 2 N–H and O–H groups in total. The Morgan fingerprint density at radius 2 is 1.56 bits per heavy atom. The Morgan fingerprint density at radius 3 is 2.24 bits per heavy atom. The third-order valence-corrected chi connectivity index (χ3v) is 4.58. The highest BCUT2D eigenvalue weighted by Gasteiger charge is 2.14. The molecule has 1 fully saturated rings. The van der Waals surface area contributed by atoms with Crippen LogP contribution in [0.5, 0.6) is 0 Å². The SMILES string of the molecule is Fc1ccc(C(=NNC(=S)NC2CCCCC2)c2ccccc2)cc1. The number of hydrogen-bond acceptors (Lipinski definition) is 2. The van der Waals surface area contributed by atoms with Crippen LogP contribution in [0, 0.1) is 5.82 Å². The van der Waals surface area contributed by atoms with Crippen LogP contribution in [-0.2, 0) is 0 Å². The molecule has 2 aromatic carbocycles. The average Bonchev–Trinajstić information content (AvgIpc) is 2.65. The van der Waals surface area contributed by atoms with E-state index in [1.54, 1.807) is 12.1 Å². The Labute approximate surface area is 153 Å². The maximum absolute atomic E-state index is 13.2. The molecule has 5 heteroatoms. The Bertz CT molecular complexity index is 722. The summed E-state index contributed by atoms with van der Waals surface area (Å²) in [7, 11) is 0. The predicted octanol–water partition coefficient (Wildman–Crippen LogP) is 4.37. The van der Waals surface area contributed by atoms with Crippen LogP contribution in [0.25, 0.3) is 0 Å². The Hall–Kier alpha value is -2.27. The van der Waals surface area contributed by atoms with E-state index in [0.29, 0.717) is 11.2 Å². The van der Waals surface area contributed by atoms with Crippen molar-refractivity contribution >= 4 is 23.0 Å². The molecule has 0 amide bonds. The lowest BCUT2D eigenvalue weighted by atomic mass is 9.96. The second kappa shape index (κ2) is 8.72. The third kappa shape index (κ3) is 5.10. The van der Waals surface area contributed by atoms with Crippen LogP contribution < -0.4 is 10.7 Å². The molecule has 1 saturated carbocycles. The summed E-state index contributed by atoms with van der Waals surface area (Å²) < 4.78 is 13.2. The number of hydrazone groups is 1. The molecule has 0 radical (unpaired) electrons. The molecule has 2 aromatic rings. The van der Waals surface area contributed by atoms with Gasteiger partial charge in [0.15, 0.2) is 5.11 Å². The van der Waals surface area contributed by atoms with Gasteiger partial charge in [0.05, 0.1) is 5.71 Å². The van der Waals surface area contributed by atoms with Crippen molar-refractivity contribution in [2.75, 3.05) is 0 Å². The smallest absolute Gasteiger partial charge is 0.187 e. The Kier molecular flexibility index (Phi) is 6.12. The Morgan fingerprint density at radius 1 is 0.920 bits per heavy atom. The number of rotatable bonds is 4. The van der Waals surface area contributed by atoms with Crippen molar-refractivity contribution in [1.29, 1.82) is 0 Å². The fourth-order valence-electron chi connectivity index (χ4n) is 3.07. The second-order valence-corrected chi connectivity index (χ2v) is 6.66. The molecule has 0 heterocycles. The minimum atomic E-state index is -0.265. The molecule has 0 bridgehead atoms. The number of nitrogens with one attached hydrogen (secondary N) is 2. The van der Waals surface area contributed by atoms with E-state index in [1.165, 1.54) is 31.4 Å². The normalized spacial score (nSPS) is 15.6. The first-order valence-corrected chi connectivity index (χ1v) is 9.09. The van der Waals surface area contributed by atoms with Crippen molar-refractivity contribution < 1.29 is 4.39 Å². The van der Waals surface area contributed by atoms with E-state index >= 15 is 0 Å². The highest BCUT2D eigenvalue weighted by atomic mass is 32.1. The highest BCUT2D eigenvalue weighted by molar-refractivity contribution is 7.80. The molecule has 130 valence electrons. The molecule has 0 aliphatic heterocycles. The summed E-state index contributed by atoms with van der Waals surface area (Å²) in [6, 6.07) is 16.5. The zero-order valence-electron chi connectivity index (χ0n) is 14.0. The minimum Gasteiger partial charge on any atom is -0.359 e. The average molecular weight is 355 g/mol. The number of halogens is 1. The molecule has 3 rings (SSSR count). The maximum Gasteiger partial charge on any atom is 0.187 e. The van der Waals surface area contributed by atoms with Gasteiger partial charge in [-0.3, -0.25) is 5.43 Å². The molecule has 25 heavy (non-hydrogen) atoms. The second-order valence-electron chi connectivity index (χ2n) is 6.25. The van der Waals surface area contributed by atoms with Gasteiger partial charge < -0.3 is 5.32 Å². The van der Waals surface area contributed by atoms with Crippen molar-refractivity contribution in [3.63, 3.8) is 0 Å². The molecule has 1 aliphatic rings. The van der Waals surface area contributed by atoms with Crippen LogP contribution >= 0.6 is 12.2 Å². The van der Waals surface area contributed by atoms with Crippen LogP contribution in [0.3, 0.4) is 0 Å². The topological polar surface area (TPSA) is 36.4 Å². The standard InChI is InChI=1S/C20H22FN3S/c21-17-13-11-16(12-14-17)19(15-7-3-1-4-8-15)23-24-20(25)22-18-9-5-2-6-10-18/h1,3-4,7-8,11-14,18H,2,5-6,9-10H2,(H2,22,24,25). The van der Waals surface area contributed by atoms with E-state index in [4.69, 9.17) is 12.2 Å². The molecule has 0 unspecified atom stereocenters. The summed E-state index contributed by atoms with van der Waals surface area (Å²) in [5.41, 5.74) is 5.47. The van der Waals surface area contributed by atoms with Crippen LogP contribution in [0.4, 0.5) is 4.39 Å². The lowest BCUT2D eigenvalue weighted by molar-refractivity contribution is 0.412. The van der Waals surface area contributed by atoms with Crippen molar-refractivity contribution in [3.05, 3.63) is 71.5 Å². The zero-order valence-corrected chi connectivity index (χ0v) is 14.9.